The molecule has 1 aromatic heterocycles. The van der Waals surface area contributed by atoms with Crippen LogP contribution in [-0.2, 0) is 4.79 Å². The van der Waals surface area contributed by atoms with Crippen molar-refractivity contribution >= 4 is 11.6 Å². The van der Waals surface area contributed by atoms with Gasteiger partial charge in [-0.15, -0.1) is 5.10 Å². The minimum Gasteiger partial charge on any atom is -0.327 e. The van der Waals surface area contributed by atoms with Gasteiger partial charge in [0.2, 0.25) is 5.91 Å². The molecule has 2 heterocycles. The highest BCUT2D eigenvalue weighted by molar-refractivity contribution is 5.92. The highest BCUT2D eigenvalue weighted by atomic mass is 19.1. The number of amides is 1. The van der Waals surface area contributed by atoms with Crippen molar-refractivity contribution in [3.63, 3.8) is 0 Å². The number of halogens is 1. The van der Waals surface area contributed by atoms with Gasteiger partial charge >= 0.3 is 0 Å². The molecule has 3 N–H and O–H groups in total. The molecule has 0 spiro atoms. The Bertz CT molecular complexity index is 877. The fraction of sp³-hybridized carbons (Fsp3) is 0.579. The Morgan fingerprint density at radius 2 is 2.14 bits per heavy atom. The average Bonchev–Trinajstić information content (AvgIpc) is 3.36. The van der Waals surface area contributed by atoms with E-state index in [0.717, 1.165) is 38.2 Å². The molecule has 1 amide bonds. The van der Waals surface area contributed by atoms with Gasteiger partial charge in [0.25, 0.3) is 0 Å². The Balaban J connectivity index is 1.46. The molecule has 1 atom stereocenters. The maximum Gasteiger partial charge on any atom is 0.238 e. The monoisotopic (exact) mass is 387 g/mol. The third-order valence-corrected chi connectivity index (χ3v) is 5.66. The number of carbonyl (C=O) groups excluding carboxylic acids is 1. The normalized spacial score (nSPS) is 22.2. The van der Waals surface area contributed by atoms with E-state index in [-0.39, 0.29) is 29.6 Å². The van der Waals surface area contributed by atoms with E-state index in [1.54, 1.807) is 16.8 Å². The molecule has 2 aromatic rings. The lowest BCUT2D eigenvalue weighted by Crippen LogP contribution is -2.53. The van der Waals surface area contributed by atoms with Crippen molar-refractivity contribution in [1.82, 2.24) is 25.1 Å². The Morgan fingerprint density at radius 1 is 1.36 bits per heavy atom. The van der Waals surface area contributed by atoms with E-state index in [2.05, 4.69) is 39.6 Å². The van der Waals surface area contributed by atoms with Crippen LogP contribution in [0, 0.1) is 11.2 Å². The smallest absolute Gasteiger partial charge is 0.238 e. The number of hydrogen-bond acceptors (Lipinski definition) is 6. The quantitative estimate of drug-likeness (QED) is 0.809. The molecule has 1 aromatic carbocycles. The van der Waals surface area contributed by atoms with Crippen molar-refractivity contribution in [3.8, 4) is 5.69 Å². The second-order valence-corrected chi connectivity index (χ2v) is 8.53. The lowest BCUT2D eigenvalue weighted by molar-refractivity contribution is -0.118. The Morgan fingerprint density at radius 3 is 2.86 bits per heavy atom. The van der Waals surface area contributed by atoms with Crippen LogP contribution in [0.4, 0.5) is 10.1 Å². The zero-order valence-electron chi connectivity index (χ0n) is 16.2. The number of nitrogens with two attached hydrogens (primary N) is 1. The standard InChI is InChI=1S/C19H26FN7O/c1-19(2)11-26(8-7-16(19)21)10-17(28)22-15-9-13(5-6-14(15)20)27-18(12-3-4-12)23-24-25-27/h5-6,9,12,16H,3-4,7-8,10-11,21H2,1-2H3,(H,22,28). The Kier molecular flexibility index (Phi) is 4.88. The number of tetrazole rings is 1. The summed E-state index contributed by atoms with van der Waals surface area (Å²) < 4.78 is 15.9. The zero-order valence-corrected chi connectivity index (χ0v) is 16.2. The van der Waals surface area contributed by atoms with Crippen molar-refractivity contribution in [2.24, 2.45) is 11.1 Å². The third kappa shape index (κ3) is 3.90. The van der Waals surface area contributed by atoms with Crippen molar-refractivity contribution in [1.29, 1.82) is 0 Å². The second-order valence-electron chi connectivity index (χ2n) is 8.53. The van der Waals surface area contributed by atoms with Crippen LogP contribution >= 0.6 is 0 Å². The number of aromatic nitrogens is 4. The molecule has 4 rings (SSSR count). The summed E-state index contributed by atoms with van der Waals surface area (Å²) in [5, 5.41) is 14.5. The third-order valence-electron chi connectivity index (χ3n) is 5.66. The first-order valence-corrected chi connectivity index (χ1v) is 9.69. The first kappa shape index (κ1) is 18.9. The minimum absolute atomic E-state index is 0.0526. The van der Waals surface area contributed by atoms with Gasteiger partial charge in [-0.1, -0.05) is 13.8 Å². The van der Waals surface area contributed by atoms with Crippen LogP contribution in [-0.4, -0.2) is 56.7 Å². The van der Waals surface area contributed by atoms with Gasteiger partial charge in [-0.25, -0.2) is 4.39 Å². The topological polar surface area (TPSA) is 102 Å². The molecule has 1 aliphatic carbocycles. The number of benzene rings is 1. The number of nitrogens with zero attached hydrogens (tertiary/aromatic N) is 5. The van der Waals surface area contributed by atoms with E-state index in [4.69, 9.17) is 5.73 Å². The lowest BCUT2D eigenvalue weighted by atomic mass is 9.80. The van der Waals surface area contributed by atoms with E-state index in [0.29, 0.717) is 11.6 Å². The van der Waals surface area contributed by atoms with Crippen molar-refractivity contribution < 1.29 is 9.18 Å². The average molecular weight is 387 g/mol. The lowest BCUT2D eigenvalue weighted by Gasteiger charge is -2.42. The van der Waals surface area contributed by atoms with Crippen molar-refractivity contribution in [2.75, 3.05) is 25.0 Å². The molecule has 0 bridgehead atoms. The first-order valence-electron chi connectivity index (χ1n) is 9.69. The molecule has 1 saturated carbocycles. The van der Waals surface area contributed by atoms with E-state index in [1.807, 2.05) is 0 Å². The second kappa shape index (κ2) is 7.21. The van der Waals surface area contributed by atoms with Gasteiger partial charge in [-0.2, -0.15) is 4.68 Å². The largest absolute Gasteiger partial charge is 0.327 e. The summed E-state index contributed by atoms with van der Waals surface area (Å²) in [6, 6.07) is 4.64. The van der Waals surface area contributed by atoms with E-state index < -0.39 is 5.82 Å². The summed E-state index contributed by atoms with van der Waals surface area (Å²) in [4.78, 5) is 14.6. The molecule has 1 unspecified atom stereocenters. The maximum absolute atomic E-state index is 14.3. The predicted molar refractivity (Wildman–Crippen MR) is 103 cm³/mol. The van der Waals surface area contributed by atoms with Gasteiger partial charge < -0.3 is 11.1 Å². The molecule has 9 heteroatoms. The van der Waals surface area contributed by atoms with Gasteiger partial charge in [0.1, 0.15) is 5.82 Å². The summed E-state index contributed by atoms with van der Waals surface area (Å²) in [5.74, 6) is 0.392. The number of hydrogen-bond donors (Lipinski definition) is 2. The molecule has 2 fully saturated rings. The van der Waals surface area contributed by atoms with Gasteiger partial charge in [-0.05, 0) is 53.3 Å². The molecule has 1 aliphatic heterocycles. The van der Waals surface area contributed by atoms with Gasteiger partial charge in [-0.3, -0.25) is 9.69 Å². The van der Waals surface area contributed by atoms with E-state index in [1.165, 1.54) is 6.07 Å². The Hall–Kier alpha value is -2.39. The molecule has 8 nitrogen and oxygen atoms in total. The number of carbonyl (C=O) groups is 1. The Labute approximate surface area is 163 Å². The van der Waals surface area contributed by atoms with E-state index >= 15 is 0 Å². The number of rotatable bonds is 5. The zero-order chi connectivity index (χ0) is 19.9. The summed E-state index contributed by atoms with van der Waals surface area (Å²) >= 11 is 0. The van der Waals surface area contributed by atoms with E-state index in [9.17, 15) is 9.18 Å². The summed E-state index contributed by atoms with van der Waals surface area (Å²) in [6.45, 7) is 5.91. The summed E-state index contributed by atoms with van der Waals surface area (Å²) in [5.41, 5.74) is 6.87. The van der Waals surface area contributed by atoms with Crippen LogP contribution in [0.25, 0.3) is 5.69 Å². The fourth-order valence-electron chi connectivity index (χ4n) is 3.73. The number of piperidine rings is 1. The van der Waals surface area contributed by atoms with Gasteiger partial charge in [0.05, 0.1) is 17.9 Å². The molecule has 0 radical (unpaired) electrons. The van der Waals surface area contributed by atoms with Crippen LogP contribution in [0.15, 0.2) is 18.2 Å². The van der Waals surface area contributed by atoms with Crippen LogP contribution in [0.1, 0.15) is 44.9 Å². The SMILES string of the molecule is CC1(C)CN(CC(=O)Nc2cc(-n3nnnc3C3CC3)ccc2F)CCC1N. The molecular weight excluding hydrogens is 361 g/mol. The predicted octanol–water partition coefficient (Wildman–Crippen LogP) is 1.68. The first-order chi connectivity index (χ1) is 13.3. The summed E-state index contributed by atoms with van der Waals surface area (Å²) in [7, 11) is 0. The number of likely N-dealkylation sites (tertiary alicyclic amines) is 1. The molecule has 2 aliphatic rings. The molecule has 1 saturated heterocycles. The van der Waals surface area contributed by atoms with Crippen molar-refractivity contribution in [2.45, 2.75) is 45.1 Å². The molecular formula is C19H26FN7O. The van der Waals surface area contributed by atoms with Crippen LogP contribution in [0.3, 0.4) is 0 Å². The van der Waals surface area contributed by atoms with Crippen molar-refractivity contribution in [3.05, 3.63) is 29.8 Å². The highest BCUT2D eigenvalue weighted by Crippen LogP contribution is 2.39. The number of anilines is 1. The number of nitrogens with one attached hydrogen (secondary N) is 1. The van der Waals surface area contributed by atoms with Crippen LogP contribution in [0.2, 0.25) is 0 Å². The minimum atomic E-state index is -0.487. The van der Waals surface area contributed by atoms with Gasteiger partial charge in [0, 0.05) is 25.0 Å². The van der Waals surface area contributed by atoms with Crippen LogP contribution in [0.5, 0.6) is 0 Å². The molecule has 150 valence electrons. The highest BCUT2D eigenvalue weighted by Gasteiger charge is 2.34. The summed E-state index contributed by atoms with van der Waals surface area (Å²) in [6.07, 6.45) is 2.95. The van der Waals surface area contributed by atoms with Gasteiger partial charge in [0.15, 0.2) is 5.82 Å². The molecule has 28 heavy (non-hydrogen) atoms. The fourth-order valence-corrected chi connectivity index (χ4v) is 3.73. The van der Waals surface area contributed by atoms with Crippen LogP contribution < -0.4 is 11.1 Å². The maximum atomic E-state index is 14.3.